The maximum absolute atomic E-state index is 9.67. The Morgan fingerprint density at radius 3 is 1.67 bits per heavy atom. The number of para-hydroxylation sites is 3. The van der Waals surface area contributed by atoms with Gasteiger partial charge in [0.15, 0.2) is 5.69 Å². The quantitative estimate of drug-likeness (QED) is 0.166. The van der Waals surface area contributed by atoms with Gasteiger partial charge < -0.3 is 9.13 Å². The first-order valence-corrected chi connectivity index (χ1v) is 18.0. The van der Waals surface area contributed by atoms with Gasteiger partial charge >= 0.3 is 0 Å². The highest BCUT2D eigenvalue weighted by molar-refractivity contribution is 6.26. The van der Waals surface area contributed by atoms with Crippen LogP contribution in [-0.2, 0) is 0 Å². The Balaban J connectivity index is 1.43. The Bertz CT molecular complexity index is 3100. The number of nitrogens with zero attached hydrogens (tertiary/aromatic N) is 4. The lowest BCUT2D eigenvalue weighted by Crippen LogP contribution is -2.02. The third-order valence-corrected chi connectivity index (χ3v) is 10.5. The van der Waals surface area contributed by atoms with Crippen molar-refractivity contribution in [3.05, 3.63) is 199 Å². The summed E-state index contributed by atoms with van der Waals surface area (Å²) in [4.78, 5) is 3.90. The van der Waals surface area contributed by atoms with E-state index >= 15 is 0 Å². The number of rotatable bonds is 5. The van der Waals surface area contributed by atoms with Crippen LogP contribution in [0.2, 0.25) is 0 Å². The summed E-state index contributed by atoms with van der Waals surface area (Å²) in [5.74, 6) is 0. The van der Waals surface area contributed by atoms with Crippen LogP contribution in [0.5, 0.6) is 0 Å². The van der Waals surface area contributed by atoms with E-state index in [2.05, 4.69) is 172 Å². The van der Waals surface area contributed by atoms with Crippen molar-refractivity contribution in [3.63, 3.8) is 0 Å². The van der Waals surface area contributed by atoms with Crippen molar-refractivity contribution < 1.29 is 0 Å². The first-order valence-electron chi connectivity index (χ1n) is 18.0. The van der Waals surface area contributed by atoms with E-state index in [1.165, 1.54) is 21.5 Å². The molecule has 4 nitrogen and oxygen atoms in total. The molecule has 8 aromatic carbocycles. The normalized spacial score (nSPS) is 11.3. The smallest absolute Gasteiger partial charge is 0.196 e. The van der Waals surface area contributed by atoms with Crippen LogP contribution in [0.25, 0.3) is 93.2 Å². The van der Waals surface area contributed by atoms with Crippen molar-refractivity contribution in [2.75, 3.05) is 0 Å². The molecule has 0 fully saturated rings. The van der Waals surface area contributed by atoms with Gasteiger partial charge in [-0.05, 0) is 76.9 Å². The highest BCUT2D eigenvalue weighted by atomic mass is 15.0. The van der Waals surface area contributed by atoms with Crippen molar-refractivity contribution in [1.29, 1.82) is 5.26 Å². The van der Waals surface area contributed by atoms with Gasteiger partial charge in [-0.25, -0.2) is 4.85 Å². The SMILES string of the molecule is [C-]#[N+]c1cc(C#N)ccc1-c1cc(-c2ccccc2)c(-n2c3ccccc3c3ccc4c(c5ccccc5n4-c4ccccc4)c32)c(-c2ccccc2)c1. The highest BCUT2D eigenvalue weighted by Gasteiger charge is 2.25. The first kappa shape index (κ1) is 31.1. The molecule has 0 amide bonds. The number of hydrogen-bond donors (Lipinski definition) is 0. The summed E-state index contributed by atoms with van der Waals surface area (Å²) >= 11 is 0. The predicted octanol–water partition coefficient (Wildman–Crippen LogP) is 13.3. The van der Waals surface area contributed by atoms with Gasteiger partial charge in [-0.3, -0.25) is 0 Å². The molecule has 0 saturated carbocycles. The van der Waals surface area contributed by atoms with Gasteiger partial charge in [0.25, 0.3) is 0 Å². The molecule has 0 aliphatic heterocycles. The maximum atomic E-state index is 9.67. The molecule has 0 saturated heterocycles. The van der Waals surface area contributed by atoms with Crippen LogP contribution in [-0.4, -0.2) is 9.13 Å². The van der Waals surface area contributed by atoms with Gasteiger partial charge in [0.2, 0.25) is 0 Å². The molecule has 0 unspecified atom stereocenters. The summed E-state index contributed by atoms with van der Waals surface area (Å²) in [5.41, 5.74) is 13.5. The summed E-state index contributed by atoms with van der Waals surface area (Å²) in [5, 5.41) is 14.4. The second kappa shape index (κ2) is 12.5. The highest BCUT2D eigenvalue weighted by Crippen LogP contribution is 2.47. The maximum Gasteiger partial charge on any atom is 0.196 e. The standard InChI is InChI=1S/C50H30N4/c1-52-44-29-33(32-51)25-26-38(44)36-30-42(34-15-5-2-6-16-34)49(43(31-36)35-17-7-3-8-18-35)54-45-23-13-11-21-39(45)40-27-28-47-48(50(40)54)41-22-12-14-24-46(41)53(47)37-19-9-4-10-20-37/h2-31H. The van der Waals surface area contributed by atoms with E-state index in [1.54, 1.807) is 12.1 Å². The molecule has 0 radical (unpaired) electrons. The molecule has 0 aliphatic rings. The molecule has 0 N–H and O–H groups in total. The lowest BCUT2D eigenvalue weighted by Gasteiger charge is -2.22. The molecule has 0 spiro atoms. The van der Waals surface area contributed by atoms with Gasteiger partial charge in [0.1, 0.15) is 0 Å². The Labute approximate surface area is 312 Å². The minimum atomic E-state index is 0.451. The number of nitriles is 1. The summed E-state index contributed by atoms with van der Waals surface area (Å²) in [6, 6.07) is 65.7. The lowest BCUT2D eigenvalue weighted by molar-refractivity contribution is 1.17. The lowest BCUT2D eigenvalue weighted by atomic mass is 9.90. The second-order valence-electron chi connectivity index (χ2n) is 13.5. The monoisotopic (exact) mass is 686 g/mol. The van der Waals surface area contributed by atoms with Gasteiger partial charge in [-0.15, -0.1) is 0 Å². The number of fused-ring (bicyclic) bond motifs is 7. The van der Waals surface area contributed by atoms with Crippen LogP contribution in [0.15, 0.2) is 182 Å². The second-order valence-corrected chi connectivity index (χ2v) is 13.5. The van der Waals surface area contributed by atoms with E-state index in [0.717, 1.165) is 66.8 Å². The Hall–Kier alpha value is -7.66. The molecule has 10 aromatic rings. The molecule has 2 heterocycles. The predicted molar refractivity (Wildman–Crippen MR) is 222 cm³/mol. The van der Waals surface area contributed by atoms with Crippen molar-refractivity contribution in [1.82, 2.24) is 9.13 Å². The fourth-order valence-corrected chi connectivity index (χ4v) is 8.24. The van der Waals surface area contributed by atoms with Crippen LogP contribution >= 0.6 is 0 Å². The zero-order chi connectivity index (χ0) is 36.2. The summed E-state index contributed by atoms with van der Waals surface area (Å²) in [6.45, 7) is 8.09. The van der Waals surface area contributed by atoms with Gasteiger partial charge in [0.05, 0.1) is 40.4 Å². The van der Waals surface area contributed by atoms with Crippen molar-refractivity contribution in [3.8, 4) is 50.8 Å². The van der Waals surface area contributed by atoms with E-state index in [0.29, 0.717) is 11.3 Å². The van der Waals surface area contributed by atoms with Gasteiger partial charge in [-0.1, -0.05) is 127 Å². The van der Waals surface area contributed by atoms with Crippen LogP contribution in [0, 0.1) is 17.9 Å². The molecule has 10 rings (SSSR count). The molecule has 250 valence electrons. The Kier molecular flexibility index (Phi) is 7.22. The summed E-state index contributed by atoms with van der Waals surface area (Å²) in [6.07, 6.45) is 0. The molecular weight excluding hydrogens is 657 g/mol. The Morgan fingerprint density at radius 2 is 1.04 bits per heavy atom. The average molecular weight is 687 g/mol. The number of aromatic nitrogens is 2. The number of hydrogen-bond acceptors (Lipinski definition) is 1. The molecule has 2 aromatic heterocycles. The van der Waals surface area contributed by atoms with E-state index in [-0.39, 0.29) is 0 Å². The fraction of sp³-hybridized carbons (Fsp3) is 0. The molecule has 4 heteroatoms. The summed E-state index contributed by atoms with van der Waals surface area (Å²) in [7, 11) is 0. The zero-order valence-corrected chi connectivity index (χ0v) is 29.1. The molecular formula is C50H30N4. The van der Waals surface area contributed by atoms with Crippen molar-refractivity contribution >= 4 is 49.3 Å². The molecule has 54 heavy (non-hydrogen) atoms. The van der Waals surface area contributed by atoms with Crippen molar-refractivity contribution in [2.45, 2.75) is 0 Å². The van der Waals surface area contributed by atoms with Crippen molar-refractivity contribution in [2.24, 2.45) is 0 Å². The largest absolute Gasteiger partial charge is 0.309 e. The van der Waals surface area contributed by atoms with Crippen LogP contribution in [0.4, 0.5) is 5.69 Å². The third kappa shape index (κ3) is 4.76. The fourth-order valence-electron chi connectivity index (χ4n) is 8.24. The molecule has 0 atom stereocenters. The Morgan fingerprint density at radius 1 is 0.463 bits per heavy atom. The molecule has 0 aliphatic carbocycles. The van der Waals surface area contributed by atoms with Gasteiger partial charge in [-0.2, -0.15) is 5.26 Å². The van der Waals surface area contributed by atoms with Crippen LogP contribution < -0.4 is 0 Å². The number of benzene rings is 8. The first-order chi connectivity index (χ1) is 26.7. The molecule has 0 bridgehead atoms. The minimum absolute atomic E-state index is 0.451. The minimum Gasteiger partial charge on any atom is -0.309 e. The van der Waals surface area contributed by atoms with E-state index in [4.69, 9.17) is 6.57 Å². The van der Waals surface area contributed by atoms with E-state index in [9.17, 15) is 5.26 Å². The van der Waals surface area contributed by atoms with Crippen LogP contribution in [0.3, 0.4) is 0 Å². The average Bonchev–Trinajstić information content (AvgIpc) is 3.76. The zero-order valence-electron chi connectivity index (χ0n) is 29.1. The van der Waals surface area contributed by atoms with E-state index in [1.807, 2.05) is 18.2 Å². The summed E-state index contributed by atoms with van der Waals surface area (Å²) < 4.78 is 4.86. The van der Waals surface area contributed by atoms with Gasteiger partial charge in [0, 0.05) is 43.9 Å². The topological polar surface area (TPSA) is 38.0 Å². The van der Waals surface area contributed by atoms with E-state index < -0.39 is 0 Å². The van der Waals surface area contributed by atoms with Crippen LogP contribution in [0.1, 0.15) is 5.56 Å². The third-order valence-electron chi connectivity index (χ3n) is 10.5.